The highest BCUT2D eigenvalue weighted by atomic mass is 19.1. The number of fused-ring (bicyclic) bond motifs is 3. The third-order valence-electron chi connectivity index (χ3n) is 8.68. The first-order valence-corrected chi connectivity index (χ1v) is 13.4. The SMILES string of the molecule is CC(=O)N1CC(C(=O)N[C@@H](CCN2[C@@H]3CC[C@H]2C[C@H](n2cnc4cc(F)ccc42)C3)c2ccccc2)C1. The van der Waals surface area contributed by atoms with E-state index in [1.807, 2.05) is 30.6 Å². The monoisotopic (exact) mass is 503 g/mol. The van der Waals surface area contributed by atoms with Gasteiger partial charge in [0.2, 0.25) is 11.8 Å². The first kappa shape index (κ1) is 24.1. The lowest BCUT2D eigenvalue weighted by Gasteiger charge is -2.41. The molecule has 0 aliphatic carbocycles. The lowest BCUT2D eigenvalue weighted by Crippen LogP contribution is -2.55. The average Bonchev–Trinajstić information content (AvgIpc) is 3.37. The van der Waals surface area contributed by atoms with Gasteiger partial charge in [0.15, 0.2) is 0 Å². The maximum Gasteiger partial charge on any atom is 0.227 e. The van der Waals surface area contributed by atoms with Gasteiger partial charge in [0.25, 0.3) is 0 Å². The second-order valence-electron chi connectivity index (χ2n) is 10.9. The second kappa shape index (κ2) is 9.89. The fraction of sp³-hybridized carbons (Fsp3) is 0.483. The molecule has 3 aliphatic rings. The van der Waals surface area contributed by atoms with Crippen LogP contribution in [0.2, 0.25) is 0 Å². The zero-order chi connectivity index (χ0) is 25.5. The molecule has 37 heavy (non-hydrogen) atoms. The third-order valence-corrected chi connectivity index (χ3v) is 8.68. The second-order valence-corrected chi connectivity index (χ2v) is 10.9. The zero-order valence-electron chi connectivity index (χ0n) is 21.2. The van der Waals surface area contributed by atoms with Gasteiger partial charge in [0.1, 0.15) is 5.82 Å². The number of imidazole rings is 1. The van der Waals surface area contributed by atoms with E-state index in [1.165, 1.54) is 25.0 Å². The molecule has 3 fully saturated rings. The highest BCUT2D eigenvalue weighted by Gasteiger charge is 2.42. The summed E-state index contributed by atoms with van der Waals surface area (Å²) in [5, 5.41) is 3.29. The molecule has 1 aromatic heterocycles. The summed E-state index contributed by atoms with van der Waals surface area (Å²) in [5.74, 6) is -0.309. The summed E-state index contributed by atoms with van der Waals surface area (Å²) in [4.78, 5) is 33.3. The number of carbonyl (C=O) groups is 2. The van der Waals surface area contributed by atoms with Gasteiger partial charge >= 0.3 is 0 Å². The van der Waals surface area contributed by atoms with Crippen molar-refractivity contribution >= 4 is 22.8 Å². The zero-order valence-corrected chi connectivity index (χ0v) is 21.2. The number of likely N-dealkylation sites (tertiary alicyclic amines) is 1. The largest absolute Gasteiger partial charge is 0.349 e. The van der Waals surface area contributed by atoms with Crippen LogP contribution in [0.25, 0.3) is 11.0 Å². The Kier molecular flexibility index (Phi) is 6.44. The number of nitrogens with one attached hydrogen (secondary N) is 1. The predicted molar refractivity (Wildman–Crippen MR) is 139 cm³/mol. The van der Waals surface area contributed by atoms with Crippen molar-refractivity contribution in [3.8, 4) is 0 Å². The Morgan fingerprint density at radius 1 is 1.05 bits per heavy atom. The van der Waals surface area contributed by atoms with E-state index in [0.717, 1.165) is 36.9 Å². The van der Waals surface area contributed by atoms with E-state index in [-0.39, 0.29) is 29.6 Å². The Bertz CT molecular complexity index is 1270. The van der Waals surface area contributed by atoms with Gasteiger partial charge in [0.05, 0.1) is 29.3 Å². The Labute approximate surface area is 216 Å². The number of benzene rings is 2. The summed E-state index contributed by atoms with van der Waals surface area (Å²) in [6.45, 7) is 3.50. The highest BCUT2D eigenvalue weighted by Crippen LogP contribution is 2.42. The molecule has 6 rings (SSSR count). The number of hydrogen-bond acceptors (Lipinski definition) is 4. The Balaban J connectivity index is 1.11. The van der Waals surface area contributed by atoms with E-state index in [4.69, 9.17) is 0 Å². The van der Waals surface area contributed by atoms with E-state index in [2.05, 4.69) is 31.9 Å². The van der Waals surface area contributed by atoms with Crippen LogP contribution in [-0.4, -0.2) is 62.9 Å². The summed E-state index contributed by atoms with van der Waals surface area (Å²) in [5.41, 5.74) is 2.84. The molecule has 2 bridgehead atoms. The molecule has 4 heterocycles. The first-order chi connectivity index (χ1) is 18.0. The molecule has 0 unspecified atom stereocenters. The topological polar surface area (TPSA) is 70.5 Å². The van der Waals surface area contributed by atoms with Crippen LogP contribution in [0.3, 0.4) is 0 Å². The highest BCUT2D eigenvalue weighted by molar-refractivity contribution is 5.84. The summed E-state index contributed by atoms with van der Waals surface area (Å²) >= 11 is 0. The summed E-state index contributed by atoms with van der Waals surface area (Å²) in [7, 11) is 0. The van der Waals surface area contributed by atoms with Crippen molar-refractivity contribution in [3.63, 3.8) is 0 Å². The molecular weight excluding hydrogens is 469 g/mol. The van der Waals surface area contributed by atoms with E-state index < -0.39 is 0 Å². The summed E-state index contributed by atoms with van der Waals surface area (Å²) in [6, 6.07) is 16.4. The summed E-state index contributed by atoms with van der Waals surface area (Å²) in [6.07, 6.45) is 7.22. The molecule has 0 radical (unpaired) electrons. The quantitative estimate of drug-likeness (QED) is 0.528. The maximum atomic E-state index is 13.6. The minimum Gasteiger partial charge on any atom is -0.349 e. The lowest BCUT2D eigenvalue weighted by molar-refractivity contribution is -0.141. The van der Waals surface area contributed by atoms with Gasteiger partial charge in [-0.3, -0.25) is 14.5 Å². The minimum atomic E-state index is -0.249. The van der Waals surface area contributed by atoms with Crippen LogP contribution < -0.4 is 5.32 Å². The van der Waals surface area contributed by atoms with E-state index in [9.17, 15) is 14.0 Å². The van der Waals surface area contributed by atoms with Crippen molar-refractivity contribution < 1.29 is 14.0 Å². The lowest BCUT2D eigenvalue weighted by atomic mass is 9.94. The van der Waals surface area contributed by atoms with Crippen molar-refractivity contribution in [1.82, 2.24) is 24.7 Å². The van der Waals surface area contributed by atoms with Crippen LogP contribution >= 0.6 is 0 Å². The van der Waals surface area contributed by atoms with Crippen LogP contribution in [-0.2, 0) is 9.59 Å². The molecule has 0 saturated carbocycles. The molecule has 3 aliphatic heterocycles. The number of aromatic nitrogens is 2. The van der Waals surface area contributed by atoms with Crippen LogP contribution in [0.5, 0.6) is 0 Å². The molecule has 3 aromatic rings. The van der Waals surface area contributed by atoms with Crippen molar-refractivity contribution in [2.24, 2.45) is 5.92 Å². The number of nitrogens with zero attached hydrogens (tertiary/aromatic N) is 4. The number of carbonyl (C=O) groups excluding carboxylic acids is 2. The minimum absolute atomic E-state index is 0.0263. The van der Waals surface area contributed by atoms with Gasteiger partial charge < -0.3 is 14.8 Å². The van der Waals surface area contributed by atoms with Gasteiger partial charge in [-0.05, 0) is 49.8 Å². The molecule has 8 heteroatoms. The van der Waals surface area contributed by atoms with E-state index in [1.54, 1.807) is 11.8 Å². The Hall–Kier alpha value is -3.26. The molecule has 1 N–H and O–H groups in total. The van der Waals surface area contributed by atoms with Crippen LogP contribution in [0, 0.1) is 11.7 Å². The average molecular weight is 504 g/mol. The fourth-order valence-corrected chi connectivity index (χ4v) is 6.61. The van der Waals surface area contributed by atoms with Gasteiger partial charge in [-0.2, -0.15) is 0 Å². The van der Waals surface area contributed by atoms with Gasteiger partial charge in [-0.25, -0.2) is 9.37 Å². The van der Waals surface area contributed by atoms with E-state index >= 15 is 0 Å². The van der Waals surface area contributed by atoms with Crippen molar-refractivity contribution in [2.75, 3.05) is 19.6 Å². The summed E-state index contributed by atoms with van der Waals surface area (Å²) < 4.78 is 15.9. The first-order valence-electron chi connectivity index (χ1n) is 13.4. The molecule has 0 spiro atoms. The maximum absolute atomic E-state index is 13.6. The van der Waals surface area contributed by atoms with Gasteiger partial charge in [-0.15, -0.1) is 0 Å². The Morgan fingerprint density at radius 3 is 2.49 bits per heavy atom. The Morgan fingerprint density at radius 2 is 1.78 bits per heavy atom. The molecule has 3 saturated heterocycles. The van der Waals surface area contributed by atoms with E-state index in [0.29, 0.717) is 36.7 Å². The van der Waals surface area contributed by atoms with Crippen molar-refractivity contribution in [2.45, 2.75) is 63.2 Å². The smallest absolute Gasteiger partial charge is 0.227 e. The number of halogens is 1. The van der Waals surface area contributed by atoms with Crippen molar-refractivity contribution in [3.05, 3.63) is 66.2 Å². The number of amides is 2. The fourth-order valence-electron chi connectivity index (χ4n) is 6.61. The molecule has 2 aromatic carbocycles. The normalized spacial score (nSPS) is 24.7. The van der Waals surface area contributed by atoms with Crippen LogP contribution in [0.4, 0.5) is 4.39 Å². The molecule has 2 amide bonds. The predicted octanol–water partition coefficient (Wildman–Crippen LogP) is 4.07. The number of hydrogen-bond donors (Lipinski definition) is 1. The number of rotatable bonds is 7. The number of piperidine rings is 1. The molecule has 194 valence electrons. The van der Waals surface area contributed by atoms with Crippen LogP contribution in [0.15, 0.2) is 54.9 Å². The van der Waals surface area contributed by atoms with Crippen LogP contribution in [0.1, 0.15) is 56.7 Å². The molecular formula is C29H34FN5O2. The standard InChI is InChI=1S/C29H34FN5O2/c1-19(36)33-16-21(17-33)29(37)32-26(20-5-3-2-4-6-20)11-12-34-23-8-9-24(34)15-25(14-23)35-18-31-27-13-22(30)7-10-28(27)35/h2-7,10,13,18,21,23-26H,8-9,11-12,14-17H2,1H3,(H,32,37)/t23-,24+,25-,26-/m0/s1. The van der Waals surface area contributed by atoms with Gasteiger partial charge in [0, 0.05) is 50.7 Å². The molecule has 4 atom stereocenters. The van der Waals surface area contributed by atoms with Crippen molar-refractivity contribution in [1.29, 1.82) is 0 Å². The third kappa shape index (κ3) is 4.75. The van der Waals surface area contributed by atoms with Gasteiger partial charge in [-0.1, -0.05) is 30.3 Å². The molecule has 7 nitrogen and oxygen atoms in total.